The Hall–Kier alpha value is -1.11. The standard InChI is InChI=1S/C16H15BrN2OS2/c1-9-10(2)22-14-13(9)15(20)19(3)16(18-14)21-8-11-4-6-12(17)7-5-11/h4-7H,8H2,1-3H3. The molecule has 3 nitrogen and oxygen atoms in total. The Bertz CT molecular complexity index is 897. The van der Waals surface area contributed by atoms with Crippen LogP contribution in [0.25, 0.3) is 10.2 Å². The molecule has 114 valence electrons. The average molecular weight is 395 g/mol. The second kappa shape index (κ2) is 6.18. The lowest BCUT2D eigenvalue weighted by atomic mass is 10.2. The van der Waals surface area contributed by atoms with Crippen molar-refractivity contribution in [1.82, 2.24) is 9.55 Å². The third-order valence-electron chi connectivity index (χ3n) is 3.65. The summed E-state index contributed by atoms with van der Waals surface area (Å²) >= 11 is 6.62. The van der Waals surface area contributed by atoms with Gasteiger partial charge in [0.25, 0.3) is 5.56 Å². The third kappa shape index (κ3) is 2.87. The normalized spacial score (nSPS) is 11.3. The van der Waals surface area contributed by atoms with E-state index in [1.54, 1.807) is 34.7 Å². The molecule has 0 saturated heterocycles. The van der Waals surface area contributed by atoms with Crippen LogP contribution in [0.3, 0.4) is 0 Å². The zero-order valence-electron chi connectivity index (χ0n) is 12.5. The van der Waals surface area contributed by atoms with Crippen molar-refractivity contribution in [3.63, 3.8) is 0 Å². The van der Waals surface area contributed by atoms with Crippen molar-refractivity contribution in [2.24, 2.45) is 7.05 Å². The first-order chi connectivity index (χ1) is 10.5. The largest absolute Gasteiger partial charge is 0.290 e. The van der Waals surface area contributed by atoms with Gasteiger partial charge in [0.1, 0.15) is 4.83 Å². The number of thioether (sulfide) groups is 1. The van der Waals surface area contributed by atoms with Gasteiger partial charge >= 0.3 is 0 Å². The molecule has 6 heteroatoms. The maximum atomic E-state index is 12.5. The molecule has 0 aliphatic rings. The molecule has 1 aromatic carbocycles. The molecule has 0 unspecified atom stereocenters. The van der Waals surface area contributed by atoms with Crippen molar-refractivity contribution in [1.29, 1.82) is 0 Å². The fraction of sp³-hybridized carbons (Fsp3) is 0.250. The van der Waals surface area contributed by atoms with E-state index in [1.807, 2.05) is 26.0 Å². The first-order valence-corrected chi connectivity index (χ1v) is 9.41. The van der Waals surface area contributed by atoms with Crippen LogP contribution in [0.5, 0.6) is 0 Å². The van der Waals surface area contributed by atoms with E-state index < -0.39 is 0 Å². The lowest BCUT2D eigenvalue weighted by Crippen LogP contribution is -2.19. The van der Waals surface area contributed by atoms with Crippen molar-refractivity contribution in [3.05, 3.63) is 55.1 Å². The number of hydrogen-bond donors (Lipinski definition) is 0. The van der Waals surface area contributed by atoms with Gasteiger partial charge in [0.05, 0.1) is 5.39 Å². The van der Waals surface area contributed by atoms with Gasteiger partial charge < -0.3 is 0 Å². The van der Waals surface area contributed by atoms with Crippen molar-refractivity contribution < 1.29 is 0 Å². The Morgan fingerprint density at radius 2 is 1.95 bits per heavy atom. The monoisotopic (exact) mass is 394 g/mol. The van der Waals surface area contributed by atoms with Crippen LogP contribution >= 0.6 is 39.0 Å². The summed E-state index contributed by atoms with van der Waals surface area (Å²) in [6.07, 6.45) is 0. The van der Waals surface area contributed by atoms with Gasteiger partial charge in [-0.3, -0.25) is 9.36 Å². The minimum atomic E-state index is 0.0464. The maximum Gasteiger partial charge on any atom is 0.262 e. The smallest absolute Gasteiger partial charge is 0.262 e. The molecular formula is C16H15BrN2OS2. The molecule has 0 amide bonds. The maximum absolute atomic E-state index is 12.5. The molecule has 0 aliphatic carbocycles. The van der Waals surface area contributed by atoms with Crippen LogP contribution in [-0.2, 0) is 12.8 Å². The minimum absolute atomic E-state index is 0.0464. The summed E-state index contributed by atoms with van der Waals surface area (Å²) in [6, 6.07) is 8.20. The molecule has 0 radical (unpaired) electrons. The Morgan fingerprint density at radius 1 is 1.27 bits per heavy atom. The van der Waals surface area contributed by atoms with E-state index in [0.29, 0.717) is 0 Å². The summed E-state index contributed by atoms with van der Waals surface area (Å²) in [5, 5.41) is 1.53. The summed E-state index contributed by atoms with van der Waals surface area (Å²) in [5.74, 6) is 0.794. The van der Waals surface area contributed by atoms with Gasteiger partial charge in [0.2, 0.25) is 0 Å². The van der Waals surface area contributed by atoms with E-state index >= 15 is 0 Å². The van der Waals surface area contributed by atoms with E-state index in [1.165, 1.54) is 5.56 Å². The fourth-order valence-electron chi connectivity index (χ4n) is 2.21. The lowest BCUT2D eigenvalue weighted by molar-refractivity contribution is 0.727. The number of benzene rings is 1. The second-order valence-electron chi connectivity index (χ2n) is 5.14. The van der Waals surface area contributed by atoms with E-state index in [4.69, 9.17) is 0 Å². The predicted octanol–water partition coefficient (Wildman–Crippen LogP) is 4.67. The number of nitrogens with zero attached hydrogens (tertiary/aromatic N) is 2. The lowest BCUT2D eigenvalue weighted by Gasteiger charge is -2.07. The van der Waals surface area contributed by atoms with Gasteiger partial charge in [-0.2, -0.15) is 0 Å². The van der Waals surface area contributed by atoms with Crippen molar-refractivity contribution in [2.75, 3.05) is 0 Å². The molecule has 2 heterocycles. The first-order valence-electron chi connectivity index (χ1n) is 6.81. The molecule has 3 rings (SSSR count). The van der Waals surface area contributed by atoms with Gasteiger partial charge in [-0.25, -0.2) is 4.98 Å². The fourth-order valence-corrected chi connectivity index (χ4v) is 4.48. The van der Waals surface area contributed by atoms with E-state index in [0.717, 1.165) is 36.0 Å². The van der Waals surface area contributed by atoms with Gasteiger partial charge in [-0.15, -0.1) is 11.3 Å². The van der Waals surface area contributed by atoms with Gasteiger partial charge in [-0.05, 0) is 37.1 Å². The zero-order chi connectivity index (χ0) is 15.9. The third-order valence-corrected chi connectivity index (χ3v) is 6.38. The molecule has 0 saturated carbocycles. The molecule has 0 aliphatic heterocycles. The highest BCUT2D eigenvalue weighted by atomic mass is 79.9. The first kappa shape index (κ1) is 15.8. The highest BCUT2D eigenvalue weighted by Gasteiger charge is 2.14. The Balaban J connectivity index is 1.95. The topological polar surface area (TPSA) is 34.9 Å². The van der Waals surface area contributed by atoms with Crippen molar-refractivity contribution in [2.45, 2.75) is 24.8 Å². The number of aryl methyl sites for hydroxylation is 2. The second-order valence-corrected chi connectivity index (χ2v) is 8.20. The van der Waals surface area contributed by atoms with E-state index in [-0.39, 0.29) is 5.56 Å². The molecule has 22 heavy (non-hydrogen) atoms. The minimum Gasteiger partial charge on any atom is -0.290 e. The molecule has 0 N–H and O–H groups in total. The molecule has 0 atom stereocenters. The molecule has 0 bridgehead atoms. The summed E-state index contributed by atoms with van der Waals surface area (Å²) in [6.45, 7) is 4.03. The summed E-state index contributed by atoms with van der Waals surface area (Å²) in [5.41, 5.74) is 2.31. The molecule has 2 aromatic heterocycles. The van der Waals surface area contributed by atoms with Crippen LogP contribution in [0.2, 0.25) is 0 Å². The average Bonchev–Trinajstić information content (AvgIpc) is 2.78. The SMILES string of the molecule is Cc1sc2nc(SCc3ccc(Br)cc3)n(C)c(=O)c2c1C. The number of rotatable bonds is 3. The molecule has 0 fully saturated rings. The van der Waals surface area contributed by atoms with Crippen LogP contribution in [0.15, 0.2) is 38.7 Å². The van der Waals surface area contributed by atoms with Gasteiger partial charge in [0, 0.05) is 22.2 Å². The Labute approximate surface area is 145 Å². The number of thiophene rings is 1. The van der Waals surface area contributed by atoms with Crippen molar-refractivity contribution >= 4 is 49.2 Å². The van der Waals surface area contributed by atoms with E-state index in [9.17, 15) is 4.79 Å². The zero-order valence-corrected chi connectivity index (χ0v) is 15.7. The van der Waals surface area contributed by atoms with Crippen LogP contribution in [0.4, 0.5) is 0 Å². The summed E-state index contributed by atoms with van der Waals surface area (Å²) in [4.78, 5) is 19.2. The molecular weight excluding hydrogens is 380 g/mol. The van der Waals surface area contributed by atoms with Gasteiger partial charge in [0.15, 0.2) is 5.16 Å². The van der Waals surface area contributed by atoms with Crippen molar-refractivity contribution in [3.8, 4) is 0 Å². The number of halogens is 1. The number of aromatic nitrogens is 2. The quantitative estimate of drug-likeness (QED) is 0.478. The summed E-state index contributed by atoms with van der Waals surface area (Å²) in [7, 11) is 1.80. The Morgan fingerprint density at radius 3 is 2.64 bits per heavy atom. The predicted molar refractivity (Wildman–Crippen MR) is 98.0 cm³/mol. The highest BCUT2D eigenvalue weighted by molar-refractivity contribution is 9.10. The highest BCUT2D eigenvalue weighted by Crippen LogP contribution is 2.29. The number of fused-ring (bicyclic) bond motifs is 1. The Kier molecular flexibility index (Phi) is 4.43. The number of hydrogen-bond acceptors (Lipinski definition) is 4. The van der Waals surface area contributed by atoms with Crippen LogP contribution in [0, 0.1) is 13.8 Å². The summed E-state index contributed by atoms with van der Waals surface area (Å²) < 4.78 is 2.73. The van der Waals surface area contributed by atoms with Crippen LogP contribution in [0.1, 0.15) is 16.0 Å². The van der Waals surface area contributed by atoms with Crippen LogP contribution in [-0.4, -0.2) is 9.55 Å². The van der Waals surface area contributed by atoms with Gasteiger partial charge in [-0.1, -0.05) is 39.8 Å². The molecule has 0 spiro atoms. The van der Waals surface area contributed by atoms with Crippen LogP contribution < -0.4 is 5.56 Å². The molecule has 3 aromatic rings. The van der Waals surface area contributed by atoms with E-state index in [2.05, 4.69) is 33.0 Å².